The van der Waals surface area contributed by atoms with Gasteiger partial charge in [0.25, 0.3) is 0 Å². The Kier molecular flexibility index (Phi) is 2.64. The number of nitrogens with zero attached hydrogens (tertiary/aromatic N) is 2. The summed E-state index contributed by atoms with van der Waals surface area (Å²) in [6, 6.07) is 0. The van der Waals surface area contributed by atoms with Gasteiger partial charge in [-0.25, -0.2) is 13.8 Å². The van der Waals surface area contributed by atoms with Crippen molar-refractivity contribution in [1.82, 2.24) is 15.2 Å². The van der Waals surface area contributed by atoms with Crippen molar-refractivity contribution in [2.75, 3.05) is 0 Å². The molecule has 0 amide bonds. The molecule has 0 aliphatic heterocycles. The summed E-state index contributed by atoms with van der Waals surface area (Å²) in [6.07, 6.45) is 5.17. The molecule has 1 atom stereocenters. The maximum absolute atomic E-state index is 13.1. The van der Waals surface area contributed by atoms with Crippen LogP contribution in [0.15, 0.2) is 0 Å². The lowest BCUT2D eigenvalue weighted by atomic mass is 10.1. The van der Waals surface area contributed by atoms with Gasteiger partial charge in [0.1, 0.15) is 5.82 Å². The van der Waals surface area contributed by atoms with E-state index in [0.717, 1.165) is 18.7 Å². The molecule has 1 unspecified atom stereocenters. The fourth-order valence-electron chi connectivity index (χ4n) is 3.02. The number of aromatic amines is 1. The lowest BCUT2D eigenvalue weighted by Gasteiger charge is -2.07. The van der Waals surface area contributed by atoms with E-state index >= 15 is 0 Å². The van der Waals surface area contributed by atoms with Gasteiger partial charge in [-0.2, -0.15) is 5.10 Å². The first-order valence-corrected chi connectivity index (χ1v) is 6.44. The van der Waals surface area contributed by atoms with Crippen molar-refractivity contribution >= 4 is 0 Å². The Balaban J connectivity index is 1.72. The minimum Gasteiger partial charge on any atom is -0.263 e. The van der Waals surface area contributed by atoms with Gasteiger partial charge in [0, 0.05) is 24.7 Å². The SMILES string of the molecule is FC1(F)CCC(c2n[nH]c(C3CCCC3)n2)C1. The molecule has 1 heterocycles. The van der Waals surface area contributed by atoms with Crippen LogP contribution in [0.3, 0.4) is 0 Å². The summed E-state index contributed by atoms with van der Waals surface area (Å²) < 4.78 is 26.2. The Labute approximate surface area is 99.0 Å². The molecule has 2 fully saturated rings. The number of nitrogens with one attached hydrogen (secondary N) is 1. The third-order valence-electron chi connectivity index (χ3n) is 4.03. The van der Waals surface area contributed by atoms with Crippen LogP contribution in [-0.2, 0) is 0 Å². The van der Waals surface area contributed by atoms with E-state index in [1.807, 2.05) is 0 Å². The average Bonchev–Trinajstić information content (AvgIpc) is 2.93. The summed E-state index contributed by atoms with van der Waals surface area (Å²) in [4.78, 5) is 4.44. The van der Waals surface area contributed by atoms with Gasteiger partial charge in [-0.05, 0) is 19.3 Å². The highest BCUT2D eigenvalue weighted by molar-refractivity contribution is 5.06. The predicted octanol–water partition coefficient (Wildman–Crippen LogP) is 3.37. The van der Waals surface area contributed by atoms with Crippen molar-refractivity contribution in [1.29, 1.82) is 0 Å². The predicted molar refractivity (Wildman–Crippen MR) is 59.1 cm³/mol. The summed E-state index contributed by atoms with van der Waals surface area (Å²) in [7, 11) is 0. The first kappa shape index (κ1) is 11.1. The standard InChI is InChI=1S/C12H17F2N3/c13-12(14)6-5-9(7-12)11-15-10(16-17-11)8-3-1-2-4-8/h8-9H,1-7H2,(H,15,16,17). The van der Waals surface area contributed by atoms with Gasteiger partial charge in [-0.3, -0.25) is 5.10 Å². The second-order valence-corrected chi connectivity index (χ2v) is 5.36. The lowest BCUT2D eigenvalue weighted by Crippen LogP contribution is -2.09. The van der Waals surface area contributed by atoms with Crippen LogP contribution in [0.5, 0.6) is 0 Å². The quantitative estimate of drug-likeness (QED) is 0.862. The summed E-state index contributed by atoms with van der Waals surface area (Å²) in [5.41, 5.74) is 0. The highest BCUT2D eigenvalue weighted by atomic mass is 19.3. The van der Waals surface area contributed by atoms with E-state index in [-0.39, 0.29) is 18.8 Å². The van der Waals surface area contributed by atoms with E-state index in [1.165, 1.54) is 12.8 Å². The molecule has 1 N–H and O–H groups in total. The minimum atomic E-state index is -2.52. The van der Waals surface area contributed by atoms with Gasteiger partial charge in [0.2, 0.25) is 5.92 Å². The molecule has 3 rings (SSSR count). The van der Waals surface area contributed by atoms with Crippen LogP contribution >= 0.6 is 0 Å². The molecule has 0 aromatic carbocycles. The molecular formula is C12H17F2N3. The number of rotatable bonds is 2. The summed E-state index contributed by atoms with van der Waals surface area (Å²) >= 11 is 0. The fraction of sp³-hybridized carbons (Fsp3) is 0.833. The molecule has 0 spiro atoms. The van der Waals surface area contributed by atoms with Gasteiger partial charge in [0.05, 0.1) is 0 Å². The zero-order valence-electron chi connectivity index (χ0n) is 9.75. The Morgan fingerprint density at radius 2 is 1.88 bits per heavy atom. The third kappa shape index (κ3) is 2.19. The molecule has 0 bridgehead atoms. The molecule has 94 valence electrons. The molecule has 3 nitrogen and oxygen atoms in total. The maximum atomic E-state index is 13.1. The van der Waals surface area contributed by atoms with Gasteiger partial charge < -0.3 is 0 Å². The van der Waals surface area contributed by atoms with Crippen LogP contribution in [0.4, 0.5) is 8.78 Å². The summed E-state index contributed by atoms with van der Waals surface area (Å²) in [6.45, 7) is 0. The molecule has 2 aliphatic rings. The number of hydrogen-bond donors (Lipinski definition) is 1. The van der Waals surface area contributed by atoms with Crippen LogP contribution in [0, 0.1) is 0 Å². The Bertz CT molecular complexity index is 396. The smallest absolute Gasteiger partial charge is 0.248 e. The van der Waals surface area contributed by atoms with Crippen LogP contribution in [0.1, 0.15) is 68.4 Å². The van der Waals surface area contributed by atoms with Gasteiger partial charge in [-0.1, -0.05) is 12.8 Å². The van der Waals surface area contributed by atoms with Crippen molar-refractivity contribution in [3.8, 4) is 0 Å². The zero-order chi connectivity index (χ0) is 11.9. The van der Waals surface area contributed by atoms with Crippen molar-refractivity contribution in [3.63, 3.8) is 0 Å². The number of hydrogen-bond acceptors (Lipinski definition) is 2. The third-order valence-corrected chi connectivity index (χ3v) is 4.03. The Hall–Kier alpha value is -1.00. The van der Waals surface area contributed by atoms with Gasteiger partial charge >= 0.3 is 0 Å². The van der Waals surface area contributed by atoms with Crippen molar-refractivity contribution in [2.24, 2.45) is 0 Å². The van der Waals surface area contributed by atoms with E-state index in [2.05, 4.69) is 15.2 Å². The number of halogens is 2. The Morgan fingerprint density at radius 1 is 1.12 bits per heavy atom. The molecule has 2 saturated carbocycles. The van der Waals surface area contributed by atoms with Crippen LogP contribution in [0.25, 0.3) is 0 Å². The number of aromatic nitrogens is 3. The van der Waals surface area contributed by atoms with Crippen LogP contribution < -0.4 is 0 Å². The molecular weight excluding hydrogens is 224 g/mol. The maximum Gasteiger partial charge on any atom is 0.248 e. The molecule has 17 heavy (non-hydrogen) atoms. The van der Waals surface area contributed by atoms with E-state index in [9.17, 15) is 8.78 Å². The molecule has 1 aromatic rings. The highest BCUT2D eigenvalue weighted by Crippen LogP contribution is 2.43. The largest absolute Gasteiger partial charge is 0.263 e. The van der Waals surface area contributed by atoms with Crippen LogP contribution in [-0.4, -0.2) is 21.1 Å². The Morgan fingerprint density at radius 3 is 2.53 bits per heavy atom. The highest BCUT2D eigenvalue weighted by Gasteiger charge is 2.41. The molecule has 0 radical (unpaired) electrons. The fourth-order valence-corrected chi connectivity index (χ4v) is 3.02. The monoisotopic (exact) mass is 241 g/mol. The van der Waals surface area contributed by atoms with E-state index < -0.39 is 5.92 Å². The second kappa shape index (κ2) is 4.03. The van der Waals surface area contributed by atoms with Gasteiger partial charge in [0.15, 0.2) is 5.82 Å². The minimum absolute atomic E-state index is 0.0228. The van der Waals surface area contributed by atoms with Crippen molar-refractivity contribution in [2.45, 2.75) is 62.7 Å². The van der Waals surface area contributed by atoms with Crippen molar-refractivity contribution < 1.29 is 8.78 Å². The number of H-pyrrole nitrogens is 1. The average molecular weight is 241 g/mol. The lowest BCUT2D eigenvalue weighted by molar-refractivity contribution is 0.00755. The zero-order valence-corrected chi connectivity index (χ0v) is 9.75. The molecule has 1 aromatic heterocycles. The van der Waals surface area contributed by atoms with Gasteiger partial charge in [-0.15, -0.1) is 0 Å². The van der Waals surface area contributed by atoms with E-state index in [0.29, 0.717) is 18.2 Å². The topological polar surface area (TPSA) is 41.6 Å². The first-order chi connectivity index (χ1) is 8.14. The number of alkyl halides is 2. The van der Waals surface area contributed by atoms with Crippen molar-refractivity contribution in [3.05, 3.63) is 11.6 Å². The molecule has 2 aliphatic carbocycles. The summed E-state index contributed by atoms with van der Waals surface area (Å²) in [5, 5.41) is 7.08. The first-order valence-electron chi connectivity index (χ1n) is 6.44. The molecule has 5 heteroatoms. The van der Waals surface area contributed by atoms with Crippen LogP contribution in [0.2, 0.25) is 0 Å². The summed E-state index contributed by atoms with van der Waals surface area (Å²) in [5.74, 6) is -0.690. The van der Waals surface area contributed by atoms with E-state index in [4.69, 9.17) is 0 Å². The normalized spacial score (nSPS) is 28.9. The second-order valence-electron chi connectivity index (χ2n) is 5.36. The van der Waals surface area contributed by atoms with E-state index in [1.54, 1.807) is 0 Å². The molecule has 0 saturated heterocycles.